The zero-order chi connectivity index (χ0) is 19.4. The highest BCUT2D eigenvalue weighted by atomic mass is 19.1. The number of carbonyl (C=O) groups excluding carboxylic acids is 2. The van der Waals surface area contributed by atoms with Gasteiger partial charge in [0.15, 0.2) is 0 Å². The first kappa shape index (κ1) is 18.5. The van der Waals surface area contributed by atoms with E-state index in [2.05, 4.69) is 10.3 Å². The quantitative estimate of drug-likeness (QED) is 0.874. The SMILES string of the molecule is CC(=O)NCC1COC(=O)N1c1ccc(/C=C(\F)c2cccnc2)c(F)c1. The predicted molar refractivity (Wildman–Crippen MR) is 95.9 cm³/mol. The molecule has 1 saturated heterocycles. The van der Waals surface area contributed by atoms with Crippen LogP contribution < -0.4 is 10.2 Å². The number of ether oxygens (including phenoxy) is 1. The summed E-state index contributed by atoms with van der Waals surface area (Å²) in [4.78, 5) is 28.1. The lowest BCUT2D eigenvalue weighted by Gasteiger charge is -2.21. The van der Waals surface area contributed by atoms with Crippen molar-refractivity contribution in [3.8, 4) is 0 Å². The third-order valence-electron chi connectivity index (χ3n) is 4.03. The summed E-state index contributed by atoms with van der Waals surface area (Å²) in [7, 11) is 0. The largest absolute Gasteiger partial charge is 0.447 e. The Labute approximate surface area is 154 Å². The lowest BCUT2D eigenvalue weighted by molar-refractivity contribution is -0.119. The number of rotatable bonds is 5. The Kier molecular flexibility index (Phi) is 5.44. The summed E-state index contributed by atoms with van der Waals surface area (Å²) >= 11 is 0. The number of benzene rings is 1. The van der Waals surface area contributed by atoms with Gasteiger partial charge >= 0.3 is 6.09 Å². The van der Waals surface area contributed by atoms with Crippen LogP contribution in [0.15, 0.2) is 42.7 Å². The van der Waals surface area contributed by atoms with Crippen LogP contribution in [0.5, 0.6) is 0 Å². The van der Waals surface area contributed by atoms with Crippen LogP contribution >= 0.6 is 0 Å². The number of nitrogens with one attached hydrogen (secondary N) is 1. The monoisotopic (exact) mass is 373 g/mol. The van der Waals surface area contributed by atoms with E-state index in [1.165, 1.54) is 42.4 Å². The molecule has 1 aromatic carbocycles. The molecule has 0 radical (unpaired) electrons. The van der Waals surface area contributed by atoms with Gasteiger partial charge in [0.2, 0.25) is 5.91 Å². The highest BCUT2D eigenvalue weighted by Crippen LogP contribution is 2.27. The molecule has 0 spiro atoms. The van der Waals surface area contributed by atoms with Crippen molar-refractivity contribution < 1.29 is 23.1 Å². The van der Waals surface area contributed by atoms with Crippen LogP contribution in [0.25, 0.3) is 11.9 Å². The van der Waals surface area contributed by atoms with E-state index in [9.17, 15) is 18.4 Å². The second kappa shape index (κ2) is 7.94. The van der Waals surface area contributed by atoms with Crippen LogP contribution in [0.1, 0.15) is 18.1 Å². The Hall–Kier alpha value is -3.29. The topological polar surface area (TPSA) is 71.5 Å². The van der Waals surface area contributed by atoms with Crippen LogP contribution in [0, 0.1) is 5.82 Å². The molecule has 140 valence electrons. The van der Waals surface area contributed by atoms with E-state index in [4.69, 9.17) is 4.74 Å². The first-order valence-electron chi connectivity index (χ1n) is 8.23. The fourth-order valence-electron chi connectivity index (χ4n) is 2.70. The number of pyridine rings is 1. The van der Waals surface area contributed by atoms with Gasteiger partial charge in [0, 0.05) is 37.0 Å². The molecule has 1 aliphatic rings. The third kappa shape index (κ3) is 4.28. The third-order valence-corrected chi connectivity index (χ3v) is 4.03. The molecule has 1 fully saturated rings. The minimum atomic E-state index is -0.690. The summed E-state index contributed by atoms with van der Waals surface area (Å²) in [6.07, 6.45) is 3.28. The van der Waals surface area contributed by atoms with Gasteiger partial charge in [0.05, 0.1) is 11.7 Å². The summed E-state index contributed by atoms with van der Waals surface area (Å²) in [6, 6.07) is 6.67. The molecular formula is C19H17F2N3O3. The van der Waals surface area contributed by atoms with Gasteiger partial charge in [-0.15, -0.1) is 0 Å². The number of hydrogen-bond acceptors (Lipinski definition) is 4. The van der Waals surface area contributed by atoms with Crippen LogP contribution in [0.4, 0.5) is 19.3 Å². The first-order valence-corrected chi connectivity index (χ1v) is 8.23. The Morgan fingerprint density at radius 1 is 1.44 bits per heavy atom. The Bertz CT molecular complexity index is 887. The molecule has 1 unspecified atom stereocenters. The molecule has 0 aliphatic carbocycles. The van der Waals surface area contributed by atoms with Gasteiger partial charge in [-0.25, -0.2) is 13.6 Å². The molecule has 3 rings (SSSR count). The molecule has 2 amide bonds. The van der Waals surface area contributed by atoms with E-state index < -0.39 is 23.8 Å². The lowest BCUT2D eigenvalue weighted by atomic mass is 10.1. The average molecular weight is 373 g/mol. The van der Waals surface area contributed by atoms with E-state index in [0.29, 0.717) is 0 Å². The van der Waals surface area contributed by atoms with E-state index in [1.54, 1.807) is 6.07 Å². The lowest BCUT2D eigenvalue weighted by Crippen LogP contribution is -2.42. The van der Waals surface area contributed by atoms with Gasteiger partial charge in [-0.1, -0.05) is 0 Å². The number of hydrogen-bond donors (Lipinski definition) is 1. The Balaban J connectivity index is 1.83. The van der Waals surface area contributed by atoms with E-state index in [1.807, 2.05) is 0 Å². The zero-order valence-electron chi connectivity index (χ0n) is 14.5. The van der Waals surface area contributed by atoms with Crippen LogP contribution in [0.3, 0.4) is 0 Å². The molecule has 1 atom stereocenters. The van der Waals surface area contributed by atoms with Gasteiger partial charge in [-0.3, -0.25) is 14.7 Å². The molecular weight excluding hydrogens is 356 g/mol. The number of nitrogens with zero attached hydrogens (tertiary/aromatic N) is 2. The van der Waals surface area contributed by atoms with Crippen molar-refractivity contribution in [3.05, 3.63) is 59.7 Å². The number of halogens is 2. The van der Waals surface area contributed by atoms with Crippen LogP contribution in [0.2, 0.25) is 0 Å². The van der Waals surface area contributed by atoms with E-state index in [0.717, 1.165) is 12.1 Å². The summed E-state index contributed by atoms with van der Waals surface area (Å²) in [5, 5.41) is 2.61. The average Bonchev–Trinajstić information content (AvgIpc) is 3.03. The second-order valence-electron chi connectivity index (χ2n) is 5.98. The van der Waals surface area contributed by atoms with E-state index >= 15 is 0 Å². The van der Waals surface area contributed by atoms with Gasteiger partial charge in [-0.2, -0.15) is 0 Å². The summed E-state index contributed by atoms with van der Waals surface area (Å²) in [5.74, 6) is -1.56. The summed E-state index contributed by atoms with van der Waals surface area (Å²) in [5.41, 5.74) is 0.537. The molecule has 8 heteroatoms. The maximum atomic E-state index is 14.5. The summed E-state index contributed by atoms with van der Waals surface area (Å²) in [6.45, 7) is 1.62. The van der Waals surface area contributed by atoms with Crippen molar-refractivity contribution in [1.82, 2.24) is 10.3 Å². The van der Waals surface area contributed by atoms with Crippen molar-refractivity contribution in [2.75, 3.05) is 18.1 Å². The molecule has 1 N–H and O–H groups in total. The number of carbonyl (C=O) groups is 2. The van der Waals surface area contributed by atoms with Gasteiger partial charge in [0.1, 0.15) is 18.3 Å². The molecule has 2 heterocycles. The first-order chi connectivity index (χ1) is 13.0. The normalized spacial score (nSPS) is 17.0. The van der Waals surface area contributed by atoms with Gasteiger partial charge in [0.25, 0.3) is 0 Å². The highest BCUT2D eigenvalue weighted by molar-refractivity contribution is 5.91. The van der Waals surface area contributed by atoms with Crippen molar-refractivity contribution in [1.29, 1.82) is 0 Å². The van der Waals surface area contributed by atoms with Crippen molar-refractivity contribution in [2.24, 2.45) is 0 Å². The van der Waals surface area contributed by atoms with Crippen molar-refractivity contribution in [3.63, 3.8) is 0 Å². The zero-order valence-corrected chi connectivity index (χ0v) is 14.5. The summed E-state index contributed by atoms with van der Waals surface area (Å²) < 4.78 is 33.7. The predicted octanol–water partition coefficient (Wildman–Crippen LogP) is 3.15. The number of aromatic nitrogens is 1. The van der Waals surface area contributed by atoms with Crippen molar-refractivity contribution in [2.45, 2.75) is 13.0 Å². The molecule has 27 heavy (non-hydrogen) atoms. The van der Waals surface area contributed by atoms with Crippen LogP contribution in [-0.2, 0) is 9.53 Å². The molecule has 1 aromatic heterocycles. The molecule has 2 aromatic rings. The maximum Gasteiger partial charge on any atom is 0.414 e. The molecule has 0 bridgehead atoms. The van der Waals surface area contributed by atoms with Gasteiger partial charge in [-0.05, 0) is 36.4 Å². The minimum absolute atomic E-state index is 0.0334. The Morgan fingerprint density at radius 3 is 2.93 bits per heavy atom. The molecule has 0 saturated carbocycles. The minimum Gasteiger partial charge on any atom is -0.447 e. The Morgan fingerprint density at radius 2 is 2.26 bits per heavy atom. The van der Waals surface area contributed by atoms with Gasteiger partial charge < -0.3 is 10.1 Å². The number of anilines is 1. The molecule has 1 aliphatic heterocycles. The second-order valence-corrected chi connectivity index (χ2v) is 5.98. The number of amides is 2. The fraction of sp³-hybridized carbons (Fsp3) is 0.211. The van der Waals surface area contributed by atoms with Crippen LogP contribution in [-0.4, -0.2) is 36.2 Å². The smallest absolute Gasteiger partial charge is 0.414 e. The highest BCUT2D eigenvalue weighted by Gasteiger charge is 2.34. The van der Waals surface area contributed by atoms with E-state index in [-0.39, 0.29) is 35.9 Å². The van der Waals surface area contributed by atoms with Crippen molar-refractivity contribution >= 4 is 29.6 Å². The maximum absolute atomic E-state index is 14.5. The fourth-order valence-corrected chi connectivity index (χ4v) is 2.70. The number of cyclic esters (lactones) is 1. The molecule has 6 nitrogen and oxygen atoms in total. The standard InChI is InChI=1S/C19H17F2N3O3/c1-12(25)23-10-16-11-27-19(26)24(16)15-5-4-13(18(21)8-15)7-17(20)14-3-2-6-22-9-14/h2-9,16H,10-11H2,1H3,(H,23,25)/b17-7-.